The lowest BCUT2D eigenvalue weighted by Crippen LogP contribution is -2.63. The van der Waals surface area contributed by atoms with Crippen molar-refractivity contribution in [1.29, 1.82) is 0 Å². The quantitative estimate of drug-likeness (QED) is 0.746. The molecule has 0 radical (unpaired) electrons. The maximum atomic E-state index is 3.88. The molecule has 4 nitrogen and oxygen atoms in total. The molecule has 0 bridgehead atoms. The summed E-state index contributed by atoms with van der Waals surface area (Å²) in [7, 11) is 4.64. The van der Waals surface area contributed by atoms with E-state index in [4.69, 9.17) is 0 Å². The third-order valence-electron chi connectivity index (χ3n) is 6.85. The third-order valence-corrected chi connectivity index (χ3v) is 6.85. The standard InChI is InChI=1S/C17H32N4/c1-20-11-17(12-20)5-8-19-14(9-17)15-10-16(13-21(15)2)3-6-18-7-4-16/h14-15,18-19H,3-13H2,1-2H3. The summed E-state index contributed by atoms with van der Waals surface area (Å²) in [5.74, 6) is 0. The molecule has 0 saturated carbocycles. The highest BCUT2D eigenvalue weighted by Crippen LogP contribution is 2.46. The summed E-state index contributed by atoms with van der Waals surface area (Å²) in [5, 5.41) is 7.42. The second kappa shape index (κ2) is 5.19. The molecule has 0 aromatic carbocycles. The van der Waals surface area contributed by atoms with Gasteiger partial charge in [0.15, 0.2) is 0 Å². The summed E-state index contributed by atoms with van der Waals surface area (Å²) in [6.07, 6.45) is 6.98. The Kier molecular flexibility index (Phi) is 3.57. The van der Waals surface area contributed by atoms with Gasteiger partial charge in [-0.1, -0.05) is 0 Å². The first kappa shape index (κ1) is 14.4. The molecule has 0 aromatic heterocycles. The number of rotatable bonds is 1. The summed E-state index contributed by atoms with van der Waals surface area (Å²) in [6.45, 7) is 7.68. The number of hydrogen-bond acceptors (Lipinski definition) is 4. The molecule has 0 aliphatic carbocycles. The molecule has 21 heavy (non-hydrogen) atoms. The average Bonchev–Trinajstić information content (AvgIpc) is 2.75. The van der Waals surface area contributed by atoms with Crippen molar-refractivity contribution in [2.24, 2.45) is 10.8 Å². The molecule has 4 saturated heterocycles. The molecule has 4 heteroatoms. The van der Waals surface area contributed by atoms with Crippen LogP contribution >= 0.6 is 0 Å². The molecular formula is C17H32N4. The molecule has 4 heterocycles. The number of likely N-dealkylation sites (N-methyl/N-ethyl adjacent to an activating group) is 1. The Labute approximate surface area is 129 Å². The fourth-order valence-corrected chi connectivity index (χ4v) is 5.90. The van der Waals surface area contributed by atoms with Crippen LogP contribution in [0.1, 0.15) is 32.1 Å². The van der Waals surface area contributed by atoms with Gasteiger partial charge < -0.3 is 20.4 Å². The second-order valence-corrected chi connectivity index (χ2v) is 8.62. The Morgan fingerprint density at radius 1 is 0.857 bits per heavy atom. The van der Waals surface area contributed by atoms with Crippen LogP contribution in [-0.4, -0.2) is 75.2 Å². The minimum Gasteiger partial charge on any atom is -0.317 e. The Bertz CT molecular complexity index is 379. The Morgan fingerprint density at radius 2 is 1.57 bits per heavy atom. The van der Waals surface area contributed by atoms with E-state index in [-0.39, 0.29) is 0 Å². The van der Waals surface area contributed by atoms with Crippen molar-refractivity contribution < 1.29 is 0 Å². The largest absolute Gasteiger partial charge is 0.317 e. The van der Waals surface area contributed by atoms with Gasteiger partial charge in [0, 0.05) is 31.7 Å². The van der Waals surface area contributed by atoms with Crippen LogP contribution in [0.25, 0.3) is 0 Å². The minimum absolute atomic E-state index is 0.618. The smallest absolute Gasteiger partial charge is 0.0252 e. The summed E-state index contributed by atoms with van der Waals surface area (Å²) in [4.78, 5) is 5.18. The molecule has 2 unspecified atom stereocenters. The molecule has 2 N–H and O–H groups in total. The third kappa shape index (κ3) is 2.54. The molecule has 4 aliphatic rings. The van der Waals surface area contributed by atoms with E-state index in [0.29, 0.717) is 10.8 Å². The van der Waals surface area contributed by atoms with Crippen molar-refractivity contribution in [1.82, 2.24) is 20.4 Å². The monoisotopic (exact) mass is 292 g/mol. The molecular weight excluding hydrogens is 260 g/mol. The van der Waals surface area contributed by atoms with E-state index < -0.39 is 0 Å². The summed E-state index contributed by atoms with van der Waals surface area (Å²) < 4.78 is 0. The maximum absolute atomic E-state index is 3.88. The molecule has 4 aliphatic heterocycles. The Hall–Kier alpha value is -0.160. The van der Waals surface area contributed by atoms with Gasteiger partial charge in [0.25, 0.3) is 0 Å². The number of likely N-dealkylation sites (tertiary alicyclic amines) is 2. The second-order valence-electron chi connectivity index (χ2n) is 8.62. The van der Waals surface area contributed by atoms with Gasteiger partial charge in [-0.3, -0.25) is 0 Å². The first-order valence-electron chi connectivity index (χ1n) is 8.93. The van der Waals surface area contributed by atoms with Crippen molar-refractivity contribution >= 4 is 0 Å². The topological polar surface area (TPSA) is 30.5 Å². The van der Waals surface area contributed by atoms with Crippen molar-refractivity contribution in [3.05, 3.63) is 0 Å². The zero-order valence-electron chi connectivity index (χ0n) is 13.8. The highest BCUT2D eigenvalue weighted by atomic mass is 15.2. The zero-order valence-corrected chi connectivity index (χ0v) is 13.8. The van der Waals surface area contributed by atoms with Crippen molar-refractivity contribution in [2.75, 3.05) is 53.4 Å². The summed E-state index contributed by atoms with van der Waals surface area (Å²) >= 11 is 0. The van der Waals surface area contributed by atoms with E-state index in [1.165, 1.54) is 71.4 Å². The van der Waals surface area contributed by atoms with E-state index in [1.807, 2.05) is 0 Å². The maximum Gasteiger partial charge on any atom is 0.0252 e. The fourth-order valence-electron chi connectivity index (χ4n) is 5.90. The van der Waals surface area contributed by atoms with Crippen LogP contribution in [0.4, 0.5) is 0 Å². The van der Waals surface area contributed by atoms with Gasteiger partial charge in [0.2, 0.25) is 0 Å². The Balaban J connectivity index is 1.43. The Morgan fingerprint density at radius 3 is 2.29 bits per heavy atom. The fraction of sp³-hybridized carbons (Fsp3) is 1.00. The van der Waals surface area contributed by atoms with Gasteiger partial charge in [-0.05, 0) is 76.7 Å². The van der Waals surface area contributed by atoms with Crippen LogP contribution in [0.3, 0.4) is 0 Å². The van der Waals surface area contributed by atoms with E-state index in [0.717, 1.165) is 12.1 Å². The highest BCUT2D eigenvalue weighted by Gasteiger charge is 2.50. The summed E-state index contributed by atoms with van der Waals surface area (Å²) in [6, 6.07) is 1.50. The van der Waals surface area contributed by atoms with E-state index in [1.54, 1.807) is 0 Å². The molecule has 4 rings (SSSR count). The first-order valence-corrected chi connectivity index (χ1v) is 8.93. The SMILES string of the molecule is CN1CC2(CCNC(C3CC4(CCNCC4)CN3C)C2)C1. The van der Waals surface area contributed by atoms with Crippen LogP contribution in [0.5, 0.6) is 0 Å². The average molecular weight is 292 g/mol. The van der Waals surface area contributed by atoms with Crippen molar-refractivity contribution in [3.8, 4) is 0 Å². The van der Waals surface area contributed by atoms with Gasteiger partial charge in [-0.25, -0.2) is 0 Å². The first-order chi connectivity index (χ1) is 10.1. The lowest BCUT2D eigenvalue weighted by atomic mass is 9.68. The number of nitrogens with one attached hydrogen (secondary N) is 2. The predicted octanol–water partition coefficient (Wildman–Crippen LogP) is 0.744. The van der Waals surface area contributed by atoms with Gasteiger partial charge in [-0.2, -0.15) is 0 Å². The normalized spacial score (nSPS) is 39.7. The predicted molar refractivity (Wildman–Crippen MR) is 86.5 cm³/mol. The molecule has 0 amide bonds. The van der Waals surface area contributed by atoms with E-state index >= 15 is 0 Å². The molecule has 2 spiro atoms. The van der Waals surface area contributed by atoms with Crippen molar-refractivity contribution in [3.63, 3.8) is 0 Å². The molecule has 0 aromatic rings. The lowest BCUT2D eigenvalue weighted by molar-refractivity contribution is -0.0256. The van der Waals surface area contributed by atoms with Gasteiger partial charge in [0.1, 0.15) is 0 Å². The summed E-state index contributed by atoms with van der Waals surface area (Å²) in [5.41, 5.74) is 1.27. The van der Waals surface area contributed by atoms with Gasteiger partial charge >= 0.3 is 0 Å². The van der Waals surface area contributed by atoms with Crippen LogP contribution < -0.4 is 10.6 Å². The molecule has 120 valence electrons. The number of piperidine rings is 2. The highest BCUT2D eigenvalue weighted by molar-refractivity contribution is 5.06. The number of hydrogen-bond donors (Lipinski definition) is 2. The van der Waals surface area contributed by atoms with E-state index in [9.17, 15) is 0 Å². The molecule has 2 atom stereocenters. The van der Waals surface area contributed by atoms with Crippen LogP contribution in [0, 0.1) is 10.8 Å². The lowest BCUT2D eigenvalue weighted by Gasteiger charge is -2.54. The minimum atomic E-state index is 0.618. The molecule has 4 fully saturated rings. The van der Waals surface area contributed by atoms with E-state index in [2.05, 4.69) is 34.5 Å². The van der Waals surface area contributed by atoms with Crippen LogP contribution in [0.15, 0.2) is 0 Å². The van der Waals surface area contributed by atoms with Gasteiger partial charge in [-0.15, -0.1) is 0 Å². The van der Waals surface area contributed by atoms with Gasteiger partial charge in [0.05, 0.1) is 0 Å². The van der Waals surface area contributed by atoms with Crippen molar-refractivity contribution in [2.45, 2.75) is 44.2 Å². The van der Waals surface area contributed by atoms with Crippen LogP contribution in [0.2, 0.25) is 0 Å². The zero-order chi connectivity index (χ0) is 14.5. The van der Waals surface area contributed by atoms with Crippen LogP contribution in [-0.2, 0) is 0 Å². The number of nitrogens with zero attached hydrogens (tertiary/aromatic N) is 2.